The van der Waals surface area contributed by atoms with Gasteiger partial charge in [0.05, 0.1) is 11.1 Å². The summed E-state index contributed by atoms with van der Waals surface area (Å²) in [5.41, 5.74) is 1.65. The van der Waals surface area contributed by atoms with Crippen LogP contribution in [0.1, 0.15) is 51.3 Å². The number of carbonyl (C=O) groups excluding carboxylic acids is 3. The first-order valence-corrected chi connectivity index (χ1v) is 9.23. The number of hydrogen-bond acceptors (Lipinski definition) is 3. The van der Waals surface area contributed by atoms with Gasteiger partial charge in [-0.2, -0.15) is 0 Å². The Morgan fingerprint density at radius 3 is 2.35 bits per heavy atom. The van der Waals surface area contributed by atoms with Gasteiger partial charge in [-0.1, -0.05) is 29.8 Å². The second-order valence-electron chi connectivity index (χ2n) is 6.67. The van der Waals surface area contributed by atoms with E-state index in [2.05, 4.69) is 21.2 Å². The summed E-state index contributed by atoms with van der Waals surface area (Å²) in [6.07, 6.45) is 0.752. The molecular weight excluding hydrogens is 396 g/mol. The number of benzene rings is 2. The number of amides is 3. The van der Waals surface area contributed by atoms with E-state index in [1.54, 1.807) is 24.3 Å². The summed E-state index contributed by atoms with van der Waals surface area (Å²) >= 11 is 3.34. The summed E-state index contributed by atoms with van der Waals surface area (Å²) in [5, 5.41) is 2.78. The molecule has 0 spiro atoms. The average Bonchev–Trinajstić information content (AvgIpc) is 2.85. The van der Waals surface area contributed by atoms with Crippen molar-refractivity contribution in [3.63, 3.8) is 0 Å². The van der Waals surface area contributed by atoms with Gasteiger partial charge in [-0.3, -0.25) is 19.3 Å². The fraction of sp³-hybridized carbons (Fsp3) is 0.250. The maximum Gasteiger partial charge on any atom is 0.261 e. The largest absolute Gasteiger partial charge is 0.322 e. The topological polar surface area (TPSA) is 66.5 Å². The van der Waals surface area contributed by atoms with Crippen molar-refractivity contribution in [2.45, 2.75) is 20.3 Å². The van der Waals surface area contributed by atoms with E-state index in [0.717, 1.165) is 10.9 Å². The van der Waals surface area contributed by atoms with E-state index in [9.17, 15) is 14.4 Å². The van der Waals surface area contributed by atoms with Crippen molar-refractivity contribution < 1.29 is 14.4 Å². The fourth-order valence-corrected chi connectivity index (χ4v) is 3.02. The lowest BCUT2D eigenvalue weighted by Gasteiger charge is -2.14. The summed E-state index contributed by atoms with van der Waals surface area (Å²) in [6.45, 7) is 4.48. The Morgan fingerprint density at radius 2 is 1.69 bits per heavy atom. The minimum atomic E-state index is -0.330. The van der Waals surface area contributed by atoms with Gasteiger partial charge in [0, 0.05) is 22.3 Å². The van der Waals surface area contributed by atoms with Crippen LogP contribution in [0.4, 0.5) is 5.69 Å². The van der Waals surface area contributed by atoms with Crippen molar-refractivity contribution in [2.75, 3.05) is 11.9 Å². The van der Waals surface area contributed by atoms with Crippen LogP contribution < -0.4 is 5.32 Å². The van der Waals surface area contributed by atoms with Crippen LogP contribution in [0.2, 0.25) is 0 Å². The molecule has 134 valence electrons. The first kappa shape index (κ1) is 18.3. The van der Waals surface area contributed by atoms with E-state index in [0.29, 0.717) is 34.8 Å². The average molecular weight is 415 g/mol. The van der Waals surface area contributed by atoms with Gasteiger partial charge in [0.25, 0.3) is 17.7 Å². The van der Waals surface area contributed by atoms with Crippen molar-refractivity contribution in [1.82, 2.24) is 4.90 Å². The minimum absolute atomic E-state index is 0.287. The van der Waals surface area contributed by atoms with E-state index >= 15 is 0 Å². The minimum Gasteiger partial charge on any atom is -0.322 e. The fourth-order valence-electron chi connectivity index (χ4n) is 2.76. The third-order valence-corrected chi connectivity index (χ3v) is 4.79. The monoisotopic (exact) mass is 414 g/mol. The van der Waals surface area contributed by atoms with Crippen molar-refractivity contribution >= 4 is 39.3 Å². The smallest absolute Gasteiger partial charge is 0.261 e. The van der Waals surface area contributed by atoms with Crippen molar-refractivity contribution in [3.8, 4) is 0 Å². The number of hydrogen-bond donors (Lipinski definition) is 1. The summed E-state index contributed by atoms with van der Waals surface area (Å²) in [6, 6.07) is 11.8. The zero-order valence-electron chi connectivity index (χ0n) is 14.6. The number of rotatable bonds is 5. The van der Waals surface area contributed by atoms with Gasteiger partial charge in [-0.15, -0.1) is 0 Å². The summed E-state index contributed by atoms with van der Waals surface area (Å²) in [5.74, 6) is -0.544. The summed E-state index contributed by atoms with van der Waals surface area (Å²) in [7, 11) is 0. The Balaban J connectivity index is 1.79. The zero-order valence-corrected chi connectivity index (χ0v) is 16.2. The van der Waals surface area contributed by atoms with Crippen LogP contribution in [0.5, 0.6) is 0 Å². The lowest BCUT2D eigenvalue weighted by molar-refractivity contribution is 0.0647. The van der Waals surface area contributed by atoms with E-state index in [-0.39, 0.29) is 17.7 Å². The van der Waals surface area contributed by atoms with Gasteiger partial charge in [0.1, 0.15) is 0 Å². The Kier molecular flexibility index (Phi) is 5.23. The number of carbonyl (C=O) groups is 3. The van der Waals surface area contributed by atoms with E-state index in [1.165, 1.54) is 11.0 Å². The number of fused-ring (bicyclic) bond motifs is 1. The molecule has 3 rings (SSSR count). The molecule has 0 aliphatic carbocycles. The van der Waals surface area contributed by atoms with Crippen molar-refractivity contribution in [3.05, 3.63) is 63.6 Å². The summed E-state index contributed by atoms with van der Waals surface area (Å²) in [4.78, 5) is 38.7. The molecule has 2 aromatic carbocycles. The van der Waals surface area contributed by atoms with E-state index in [4.69, 9.17) is 0 Å². The van der Waals surface area contributed by atoms with Crippen LogP contribution in [0.3, 0.4) is 0 Å². The first-order valence-electron chi connectivity index (χ1n) is 8.44. The molecule has 0 fully saturated rings. The molecule has 0 radical (unpaired) electrons. The highest BCUT2D eigenvalue weighted by Gasteiger charge is 2.35. The Bertz CT molecular complexity index is 875. The molecule has 5 nitrogen and oxygen atoms in total. The Morgan fingerprint density at radius 1 is 1.04 bits per heavy atom. The second-order valence-corrected chi connectivity index (χ2v) is 7.58. The molecule has 2 aromatic rings. The SMILES string of the molecule is CC(C)CCN1C(=O)c2ccc(C(=O)Nc3ccc(Br)cc3)cc2C1=O. The molecule has 6 heteroatoms. The van der Waals surface area contributed by atoms with Crippen LogP contribution in [-0.2, 0) is 0 Å². The predicted octanol–water partition coefficient (Wildman–Crippen LogP) is 4.34. The van der Waals surface area contributed by atoms with E-state index in [1.807, 2.05) is 26.0 Å². The number of halogens is 1. The molecule has 1 N–H and O–H groups in total. The highest BCUT2D eigenvalue weighted by Crippen LogP contribution is 2.25. The summed E-state index contributed by atoms with van der Waals surface area (Å²) < 4.78 is 0.915. The molecule has 1 heterocycles. The molecule has 1 aliphatic rings. The Labute approximate surface area is 160 Å². The standard InChI is InChI=1S/C20H19BrN2O3/c1-12(2)9-10-23-19(25)16-8-3-13(11-17(16)20(23)26)18(24)22-15-6-4-14(21)5-7-15/h3-8,11-12H,9-10H2,1-2H3,(H,22,24). The molecule has 0 unspecified atom stereocenters. The maximum absolute atomic E-state index is 12.6. The second kappa shape index (κ2) is 7.41. The van der Waals surface area contributed by atoms with Crippen LogP contribution in [0.25, 0.3) is 0 Å². The molecule has 0 saturated heterocycles. The number of imide groups is 1. The third kappa shape index (κ3) is 3.70. The van der Waals surface area contributed by atoms with Crippen LogP contribution in [0.15, 0.2) is 46.9 Å². The lowest BCUT2D eigenvalue weighted by Crippen LogP contribution is -2.31. The number of nitrogens with one attached hydrogen (secondary N) is 1. The predicted molar refractivity (Wildman–Crippen MR) is 103 cm³/mol. The van der Waals surface area contributed by atoms with Crippen molar-refractivity contribution in [1.29, 1.82) is 0 Å². The number of anilines is 1. The van der Waals surface area contributed by atoms with Gasteiger partial charge < -0.3 is 5.32 Å². The molecule has 26 heavy (non-hydrogen) atoms. The molecule has 3 amide bonds. The molecular formula is C20H19BrN2O3. The zero-order chi connectivity index (χ0) is 18.8. The van der Waals surface area contributed by atoms with Crippen LogP contribution in [-0.4, -0.2) is 29.2 Å². The van der Waals surface area contributed by atoms with Gasteiger partial charge >= 0.3 is 0 Å². The molecule has 0 aromatic heterocycles. The quantitative estimate of drug-likeness (QED) is 0.739. The van der Waals surface area contributed by atoms with Crippen molar-refractivity contribution in [2.24, 2.45) is 5.92 Å². The van der Waals surface area contributed by atoms with Gasteiger partial charge in [-0.25, -0.2) is 0 Å². The van der Waals surface area contributed by atoms with Gasteiger partial charge in [0.2, 0.25) is 0 Å². The highest BCUT2D eigenvalue weighted by molar-refractivity contribution is 9.10. The lowest BCUT2D eigenvalue weighted by atomic mass is 10.1. The van der Waals surface area contributed by atoms with Gasteiger partial charge in [0.15, 0.2) is 0 Å². The van der Waals surface area contributed by atoms with Crippen LogP contribution >= 0.6 is 15.9 Å². The molecule has 0 saturated carbocycles. The van der Waals surface area contributed by atoms with E-state index < -0.39 is 0 Å². The maximum atomic E-state index is 12.6. The molecule has 1 aliphatic heterocycles. The molecule has 0 atom stereocenters. The Hall–Kier alpha value is -2.47. The molecule has 0 bridgehead atoms. The third-order valence-electron chi connectivity index (χ3n) is 4.27. The normalized spacial score (nSPS) is 13.3. The van der Waals surface area contributed by atoms with Gasteiger partial charge in [-0.05, 0) is 54.8 Å². The first-order chi connectivity index (χ1) is 12.4. The number of nitrogens with zero attached hydrogens (tertiary/aromatic N) is 1. The van der Waals surface area contributed by atoms with Crippen LogP contribution in [0, 0.1) is 5.92 Å². The highest BCUT2D eigenvalue weighted by atomic mass is 79.9.